The topological polar surface area (TPSA) is 117 Å². The summed E-state index contributed by atoms with van der Waals surface area (Å²) in [6, 6.07) is 11.1. The van der Waals surface area contributed by atoms with Gasteiger partial charge in [-0.25, -0.2) is 18.5 Å². The van der Waals surface area contributed by atoms with Crippen molar-refractivity contribution in [2.24, 2.45) is 10.1 Å². The van der Waals surface area contributed by atoms with Gasteiger partial charge in [-0.15, -0.1) is 0 Å². The lowest BCUT2D eigenvalue weighted by Crippen LogP contribution is -2.39. The van der Waals surface area contributed by atoms with Gasteiger partial charge in [-0.1, -0.05) is 35.3 Å². The van der Waals surface area contributed by atoms with E-state index in [1.54, 1.807) is 30.3 Å². The molecule has 0 saturated heterocycles. The fourth-order valence-electron chi connectivity index (χ4n) is 2.41. The van der Waals surface area contributed by atoms with Crippen LogP contribution in [0.15, 0.2) is 52.4 Å². The summed E-state index contributed by atoms with van der Waals surface area (Å²) in [5.74, 6) is 0.468. The second-order valence-corrected chi connectivity index (χ2v) is 8.42. The Kier molecular flexibility index (Phi) is 8.09. The highest BCUT2D eigenvalue weighted by molar-refractivity contribution is 7.89. The van der Waals surface area contributed by atoms with E-state index in [0.29, 0.717) is 33.7 Å². The summed E-state index contributed by atoms with van der Waals surface area (Å²) in [6.45, 7) is 2.94. The van der Waals surface area contributed by atoms with E-state index in [0.717, 1.165) is 0 Å². The maximum Gasteiger partial charge on any atom is 0.238 e. The van der Waals surface area contributed by atoms with E-state index in [2.05, 4.69) is 15.6 Å². The van der Waals surface area contributed by atoms with E-state index >= 15 is 0 Å². The SMILES string of the molecule is CCNC(=NCc1cccc(S(N)(=O)=O)c1)NCC(O)c1cc(Cl)cc(Cl)c1. The van der Waals surface area contributed by atoms with Gasteiger partial charge in [-0.3, -0.25) is 0 Å². The van der Waals surface area contributed by atoms with E-state index in [1.807, 2.05) is 6.92 Å². The Hall–Kier alpha value is -1.84. The second-order valence-electron chi connectivity index (χ2n) is 5.99. The van der Waals surface area contributed by atoms with Gasteiger partial charge in [0.15, 0.2) is 5.96 Å². The van der Waals surface area contributed by atoms with Crippen LogP contribution in [0.2, 0.25) is 10.0 Å². The summed E-state index contributed by atoms with van der Waals surface area (Å²) in [6.07, 6.45) is -0.842. The maximum absolute atomic E-state index is 11.5. The van der Waals surface area contributed by atoms with E-state index in [-0.39, 0.29) is 18.0 Å². The number of hydrogen-bond donors (Lipinski definition) is 4. The molecule has 28 heavy (non-hydrogen) atoms. The molecule has 0 heterocycles. The fraction of sp³-hybridized carbons (Fsp3) is 0.278. The van der Waals surface area contributed by atoms with Gasteiger partial charge in [0.2, 0.25) is 10.0 Å². The third-order valence-electron chi connectivity index (χ3n) is 3.72. The lowest BCUT2D eigenvalue weighted by Gasteiger charge is -2.16. The Morgan fingerprint density at radius 1 is 1.18 bits per heavy atom. The summed E-state index contributed by atoms with van der Waals surface area (Å²) in [4.78, 5) is 4.44. The zero-order valence-electron chi connectivity index (χ0n) is 15.2. The molecule has 1 unspecified atom stereocenters. The molecular weight excluding hydrogens is 423 g/mol. The molecule has 10 heteroatoms. The normalized spacial score (nSPS) is 13.2. The first-order chi connectivity index (χ1) is 13.2. The van der Waals surface area contributed by atoms with Crippen LogP contribution >= 0.6 is 23.2 Å². The summed E-state index contributed by atoms with van der Waals surface area (Å²) in [5, 5.41) is 22.5. The smallest absolute Gasteiger partial charge is 0.238 e. The third kappa shape index (κ3) is 6.96. The van der Waals surface area contributed by atoms with Crippen molar-refractivity contribution in [3.8, 4) is 0 Å². The van der Waals surface area contributed by atoms with E-state index in [1.165, 1.54) is 12.1 Å². The largest absolute Gasteiger partial charge is 0.387 e. The zero-order valence-corrected chi connectivity index (χ0v) is 17.5. The summed E-state index contributed by atoms with van der Waals surface area (Å²) in [5.41, 5.74) is 1.27. The molecule has 2 aromatic rings. The van der Waals surface area contributed by atoms with Crippen LogP contribution in [0, 0.1) is 0 Å². The monoisotopic (exact) mass is 444 g/mol. The van der Waals surface area contributed by atoms with Crippen LogP contribution in [0.25, 0.3) is 0 Å². The highest BCUT2D eigenvalue weighted by Gasteiger charge is 2.11. The number of guanidine groups is 1. The maximum atomic E-state index is 11.5. The van der Waals surface area contributed by atoms with Crippen molar-refractivity contribution in [2.45, 2.75) is 24.5 Å². The summed E-state index contributed by atoms with van der Waals surface area (Å²) >= 11 is 11.9. The molecule has 5 N–H and O–H groups in total. The van der Waals surface area contributed by atoms with Gasteiger partial charge in [0.1, 0.15) is 0 Å². The Morgan fingerprint density at radius 3 is 2.46 bits per heavy atom. The van der Waals surface area contributed by atoms with Crippen LogP contribution in [-0.2, 0) is 16.6 Å². The van der Waals surface area contributed by atoms with Crippen LogP contribution in [0.5, 0.6) is 0 Å². The van der Waals surface area contributed by atoms with Crippen LogP contribution in [-0.4, -0.2) is 32.6 Å². The minimum absolute atomic E-state index is 0.0337. The van der Waals surface area contributed by atoms with Crippen molar-refractivity contribution in [2.75, 3.05) is 13.1 Å². The predicted octanol–water partition coefficient (Wildman–Crippen LogP) is 2.43. The molecule has 152 valence electrons. The molecule has 0 aliphatic rings. The number of sulfonamides is 1. The standard InChI is InChI=1S/C18H22Cl2N4O3S/c1-2-22-18(23-10-12-4-3-5-16(6-12)28(21,26)27)24-11-17(25)13-7-14(19)9-15(20)8-13/h3-9,17,25H,2,10-11H2,1H3,(H2,21,26,27)(H2,22,23,24). The predicted molar refractivity (Wildman–Crippen MR) is 112 cm³/mol. The van der Waals surface area contributed by atoms with Gasteiger partial charge in [0.25, 0.3) is 0 Å². The average Bonchev–Trinajstić information content (AvgIpc) is 2.62. The van der Waals surface area contributed by atoms with Crippen LogP contribution in [0.4, 0.5) is 0 Å². The molecule has 0 aromatic heterocycles. The first kappa shape index (κ1) is 22.4. The van der Waals surface area contributed by atoms with Gasteiger partial charge >= 0.3 is 0 Å². The van der Waals surface area contributed by atoms with Gasteiger partial charge in [-0.2, -0.15) is 0 Å². The lowest BCUT2D eigenvalue weighted by molar-refractivity contribution is 0.181. The minimum atomic E-state index is -3.77. The number of halogens is 2. The number of aliphatic hydroxyl groups excluding tert-OH is 1. The number of primary sulfonamides is 1. The molecular formula is C18H22Cl2N4O3S. The van der Waals surface area contributed by atoms with Gasteiger partial charge in [0.05, 0.1) is 17.5 Å². The number of aliphatic hydroxyl groups is 1. The number of hydrogen-bond acceptors (Lipinski definition) is 4. The number of nitrogens with zero attached hydrogens (tertiary/aromatic N) is 1. The average molecular weight is 445 g/mol. The van der Waals surface area contributed by atoms with E-state index < -0.39 is 16.1 Å². The van der Waals surface area contributed by atoms with Crippen LogP contribution < -0.4 is 15.8 Å². The summed E-state index contributed by atoms with van der Waals surface area (Å²) in [7, 11) is -3.77. The molecule has 0 spiro atoms. The third-order valence-corrected chi connectivity index (χ3v) is 5.07. The quantitative estimate of drug-likeness (QED) is 0.386. The highest BCUT2D eigenvalue weighted by atomic mass is 35.5. The van der Waals surface area contributed by atoms with Crippen LogP contribution in [0.1, 0.15) is 24.2 Å². The lowest BCUT2D eigenvalue weighted by atomic mass is 10.1. The number of aliphatic imine (C=N–C) groups is 1. The van der Waals surface area contributed by atoms with Crippen LogP contribution in [0.3, 0.4) is 0 Å². The van der Waals surface area contributed by atoms with E-state index in [4.69, 9.17) is 28.3 Å². The highest BCUT2D eigenvalue weighted by Crippen LogP contribution is 2.23. The molecule has 0 radical (unpaired) electrons. The van der Waals surface area contributed by atoms with Crippen molar-refractivity contribution in [1.29, 1.82) is 0 Å². The first-order valence-corrected chi connectivity index (χ1v) is 10.8. The number of nitrogens with one attached hydrogen (secondary N) is 2. The molecule has 2 aromatic carbocycles. The minimum Gasteiger partial charge on any atom is -0.387 e. The Bertz CT molecular complexity index is 931. The molecule has 1 atom stereocenters. The Morgan fingerprint density at radius 2 is 1.86 bits per heavy atom. The number of benzene rings is 2. The van der Waals surface area contributed by atoms with Crippen molar-refractivity contribution in [3.05, 3.63) is 63.6 Å². The van der Waals surface area contributed by atoms with Gasteiger partial charge < -0.3 is 15.7 Å². The first-order valence-electron chi connectivity index (χ1n) is 8.47. The fourth-order valence-corrected chi connectivity index (χ4v) is 3.54. The van der Waals surface area contributed by atoms with Crippen molar-refractivity contribution in [3.63, 3.8) is 0 Å². The second kappa shape index (κ2) is 10.1. The number of rotatable bonds is 7. The van der Waals surface area contributed by atoms with Crippen molar-refractivity contribution < 1.29 is 13.5 Å². The van der Waals surface area contributed by atoms with Gasteiger partial charge in [0, 0.05) is 23.1 Å². The molecule has 0 aliphatic carbocycles. The Labute approximate surface area is 174 Å². The van der Waals surface area contributed by atoms with E-state index in [9.17, 15) is 13.5 Å². The molecule has 0 fully saturated rings. The molecule has 0 amide bonds. The molecule has 0 aliphatic heterocycles. The molecule has 0 bridgehead atoms. The molecule has 0 saturated carbocycles. The van der Waals surface area contributed by atoms with Crippen molar-refractivity contribution >= 4 is 39.2 Å². The van der Waals surface area contributed by atoms with Crippen molar-refractivity contribution in [1.82, 2.24) is 10.6 Å². The molecule has 7 nitrogen and oxygen atoms in total. The zero-order chi connectivity index (χ0) is 20.7. The Balaban J connectivity index is 2.06. The summed E-state index contributed by atoms with van der Waals surface area (Å²) < 4.78 is 22.9. The molecule has 2 rings (SSSR count). The number of nitrogens with two attached hydrogens (primary N) is 1. The van der Waals surface area contributed by atoms with Gasteiger partial charge in [-0.05, 0) is 48.4 Å².